The van der Waals surface area contributed by atoms with Crippen molar-refractivity contribution in [3.8, 4) is 0 Å². The maximum Gasteiger partial charge on any atom is 0.0756 e. The minimum atomic E-state index is 0.267. The van der Waals surface area contributed by atoms with Crippen LogP contribution in [-0.2, 0) is 6.54 Å². The van der Waals surface area contributed by atoms with E-state index in [1.54, 1.807) is 11.3 Å². The lowest BCUT2D eigenvalue weighted by atomic mass is 10.1. The lowest BCUT2D eigenvalue weighted by molar-refractivity contribution is 0.530. The molecule has 0 fully saturated rings. The van der Waals surface area contributed by atoms with Crippen LogP contribution in [0, 0.1) is 0 Å². The fourth-order valence-corrected chi connectivity index (χ4v) is 2.66. The molecule has 3 nitrogen and oxygen atoms in total. The lowest BCUT2D eigenvalue weighted by Gasteiger charge is -2.18. The predicted molar refractivity (Wildman–Crippen MR) is 72.4 cm³/mol. The van der Waals surface area contributed by atoms with Gasteiger partial charge in [0.15, 0.2) is 0 Å². The standard InChI is InChI=1S/C13H19N3S/c1-3-7-14-13(11-6-9-17-10-11)12-5-8-15-16(12)4-2/h5-6,8-10,13-14H,3-4,7H2,1-2H3. The highest BCUT2D eigenvalue weighted by Crippen LogP contribution is 2.23. The first-order valence-electron chi connectivity index (χ1n) is 6.14. The van der Waals surface area contributed by atoms with Crippen LogP contribution in [0.3, 0.4) is 0 Å². The van der Waals surface area contributed by atoms with E-state index in [0.717, 1.165) is 19.5 Å². The molecule has 1 N–H and O–H groups in total. The molecule has 0 aliphatic rings. The minimum absolute atomic E-state index is 0.267. The van der Waals surface area contributed by atoms with Crippen molar-refractivity contribution in [3.63, 3.8) is 0 Å². The van der Waals surface area contributed by atoms with Crippen LogP contribution < -0.4 is 5.32 Å². The zero-order valence-electron chi connectivity index (χ0n) is 10.4. The van der Waals surface area contributed by atoms with Crippen LogP contribution in [-0.4, -0.2) is 16.3 Å². The van der Waals surface area contributed by atoms with Crippen LogP contribution in [0.25, 0.3) is 0 Å². The summed E-state index contributed by atoms with van der Waals surface area (Å²) in [7, 11) is 0. The van der Waals surface area contributed by atoms with Crippen LogP contribution in [0.15, 0.2) is 29.1 Å². The molecule has 2 heterocycles. The number of nitrogens with one attached hydrogen (secondary N) is 1. The summed E-state index contributed by atoms with van der Waals surface area (Å²) in [5, 5.41) is 12.3. The summed E-state index contributed by atoms with van der Waals surface area (Å²) >= 11 is 1.74. The molecular formula is C13H19N3S. The van der Waals surface area contributed by atoms with Gasteiger partial charge in [-0.15, -0.1) is 0 Å². The average molecular weight is 249 g/mol. The third-order valence-electron chi connectivity index (χ3n) is 2.82. The van der Waals surface area contributed by atoms with E-state index in [4.69, 9.17) is 0 Å². The maximum absolute atomic E-state index is 4.35. The number of hydrogen-bond acceptors (Lipinski definition) is 3. The zero-order chi connectivity index (χ0) is 12.1. The summed E-state index contributed by atoms with van der Waals surface area (Å²) in [6.07, 6.45) is 3.02. The third-order valence-corrected chi connectivity index (χ3v) is 3.52. The molecular weight excluding hydrogens is 230 g/mol. The van der Waals surface area contributed by atoms with Crippen LogP contribution in [0.2, 0.25) is 0 Å². The molecule has 0 spiro atoms. The largest absolute Gasteiger partial charge is 0.305 e. The number of hydrogen-bond donors (Lipinski definition) is 1. The van der Waals surface area contributed by atoms with Gasteiger partial charge in [0.2, 0.25) is 0 Å². The molecule has 0 aliphatic heterocycles. The number of nitrogens with zero attached hydrogens (tertiary/aromatic N) is 2. The Hall–Kier alpha value is -1.13. The van der Waals surface area contributed by atoms with Gasteiger partial charge in [-0.1, -0.05) is 6.92 Å². The molecule has 0 bridgehead atoms. The number of thiophene rings is 1. The highest BCUT2D eigenvalue weighted by atomic mass is 32.1. The second kappa shape index (κ2) is 5.98. The van der Waals surface area contributed by atoms with Gasteiger partial charge in [-0.05, 0) is 48.3 Å². The maximum atomic E-state index is 4.35. The highest BCUT2D eigenvalue weighted by Gasteiger charge is 2.17. The Labute approximate surface area is 106 Å². The number of rotatable bonds is 6. The topological polar surface area (TPSA) is 29.9 Å². The third kappa shape index (κ3) is 2.76. The van der Waals surface area contributed by atoms with Gasteiger partial charge in [0.1, 0.15) is 0 Å². The van der Waals surface area contributed by atoms with Gasteiger partial charge in [0.25, 0.3) is 0 Å². The molecule has 0 saturated heterocycles. The molecule has 17 heavy (non-hydrogen) atoms. The molecule has 4 heteroatoms. The Balaban J connectivity index is 2.27. The van der Waals surface area contributed by atoms with Gasteiger partial charge in [-0.2, -0.15) is 16.4 Å². The molecule has 0 aromatic carbocycles. The van der Waals surface area contributed by atoms with E-state index in [9.17, 15) is 0 Å². The first-order chi connectivity index (χ1) is 8.36. The van der Waals surface area contributed by atoms with Gasteiger partial charge in [0.05, 0.1) is 11.7 Å². The first-order valence-corrected chi connectivity index (χ1v) is 7.08. The second-order valence-electron chi connectivity index (χ2n) is 4.02. The Morgan fingerprint density at radius 3 is 2.94 bits per heavy atom. The Morgan fingerprint density at radius 1 is 1.41 bits per heavy atom. The fraction of sp³-hybridized carbons (Fsp3) is 0.462. The Morgan fingerprint density at radius 2 is 2.29 bits per heavy atom. The van der Waals surface area contributed by atoms with Crippen molar-refractivity contribution in [2.75, 3.05) is 6.54 Å². The summed E-state index contributed by atoms with van der Waals surface area (Å²) < 4.78 is 2.06. The monoisotopic (exact) mass is 249 g/mol. The SMILES string of the molecule is CCCNC(c1ccsc1)c1ccnn1CC. The van der Waals surface area contributed by atoms with Crippen molar-refractivity contribution in [1.29, 1.82) is 0 Å². The van der Waals surface area contributed by atoms with Crippen LogP contribution in [0.5, 0.6) is 0 Å². The van der Waals surface area contributed by atoms with Crippen LogP contribution >= 0.6 is 11.3 Å². The normalized spacial score (nSPS) is 12.8. The van der Waals surface area contributed by atoms with Crippen molar-refractivity contribution in [3.05, 3.63) is 40.3 Å². The van der Waals surface area contributed by atoms with E-state index < -0.39 is 0 Å². The first kappa shape index (κ1) is 12.3. The fourth-order valence-electron chi connectivity index (χ4n) is 1.97. The van der Waals surface area contributed by atoms with Crippen molar-refractivity contribution >= 4 is 11.3 Å². The molecule has 0 saturated carbocycles. The summed E-state index contributed by atoms with van der Waals surface area (Å²) in [6.45, 7) is 6.25. The molecule has 1 unspecified atom stereocenters. The number of aromatic nitrogens is 2. The van der Waals surface area contributed by atoms with Gasteiger partial charge in [-0.3, -0.25) is 4.68 Å². The van der Waals surface area contributed by atoms with E-state index in [1.165, 1.54) is 11.3 Å². The molecule has 2 aromatic heterocycles. The predicted octanol–water partition coefficient (Wildman–Crippen LogP) is 3.05. The molecule has 2 rings (SSSR count). The van der Waals surface area contributed by atoms with Gasteiger partial charge < -0.3 is 5.32 Å². The molecule has 0 radical (unpaired) electrons. The summed E-state index contributed by atoms with van der Waals surface area (Å²) in [5.41, 5.74) is 2.58. The van der Waals surface area contributed by atoms with Crippen molar-refractivity contribution in [2.45, 2.75) is 32.9 Å². The Bertz CT molecular complexity index is 433. The number of aryl methyl sites for hydroxylation is 1. The van der Waals surface area contributed by atoms with Crippen molar-refractivity contribution in [1.82, 2.24) is 15.1 Å². The minimum Gasteiger partial charge on any atom is -0.305 e. The lowest BCUT2D eigenvalue weighted by Crippen LogP contribution is -2.25. The zero-order valence-corrected chi connectivity index (χ0v) is 11.2. The smallest absolute Gasteiger partial charge is 0.0756 e. The van der Waals surface area contributed by atoms with Crippen LogP contribution in [0.4, 0.5) is 0 Å². The van der Waals surface area contributed by atoms with E-state index in [1.807, 2.05) is 6.20 Å². The molecule has 0 amide bonds. The van der Waals surface area contributed by atoms with Crippen molar-refractivity contribution < 1.29 is 0 Å². The quantitative estimate of drug-likeness (QED) is 0.852. The molecule has 1 atom stereocenters. The summed E-state index contributed by atoms with van der Waals surface area (Å²) in [6, 6.07) is 4.56. The average Bonchev–Trinajstić information content (AvgIpc) is 3.00. The Kier molecular flexibility index (Phi) is 4.34. The molecule has 92 valence electrons. The van der Waals surface area contributed by atoms with Gasteiger partial charge in [-0.25, -0.2) is 0 Å². The van der Waals surface area contributed by atoms with E-state index >= 15 is 0 Å². The molecule has 0 aliphatic carbocycles. The van der Waals surface area contributed by atoms with Gasteiger partial charge >= 0.3 is 0 Å². The summed E-state index contributed by atoms with van der Waals surface area (Å²) in [4.78, 5) is 0. The highest BCUT2D eigenvalue weighted by molar-refractivity contribution is 7.08. The van der Waals surface area contributed by atoms with Gasteiger partial charge in [0, 0.05) is 12.7 Å². The second-order valence-corrected chi connectivity index (χ2v) is 4.80. The van der Waals surface area contributed by atoms with E-state index in [0.29, 0.717) is 0 Å². The van der Waals surface area contributed by atoms with Crippen molar-refractivity contribution in [2.24, 2.45) is 0 Å². The van der Waals surface area contributed by atoms with E-state index in [-0.39, 0.29) is 6.04 Å². The summed E-state index contributed by atoms with van der Waals surface area (Å²) in [5.74, 6) is 0. The van der Waals surface area contributed by atoms with E-state index in [2.05, 4.69) is 51.8 Å². The van der Waals surface area contributed by atoms with Crippen LogP contribution in [0.1, 0.15) is 37.6 Å². The molecule has 2 aromatic rings.